The molecule has 3 nitrogen and oxygen atoms in total. The quantitative estimate of drug-likeness (QED) is 0.892. The summed E-state index contributed by atoms with van der Waals surface area (Å²) in [5.41, 5.74) is 4.52. The number of nitrogens with zero attached hydrogens (tertiary/aromatic N) is 2. The van der Waals surface area contributed by atoms with Gasteiger partial charge in [0.05, 0.1) is 12.2 Å². The second-order valence-electron chi connectivity index (χ2n) is 4.64. The predicted molar refractivity (Wildman–Crippen MR) is 79.0 cm³/mol. The third kappa shape index (κ3) is 3.61. The van der Waals surface area contributed by atoms with E-state index in [2.05, 4.69) is 53.4 Å². The van der Waals surface area contributed by atoms with E-state index < -0.39 is 0 Å². The van der Waals surface area contributed by atoms with Crippen molar-refractivity contribution < 1.29 is 0 Å². The van der Waals surface area contributed by atoms with Crippen molar-refractivity contribution in [1.82, 2.24) is 15.3 Å². The first-order valence-electron chi connectivity index (χ1n) is 6.87. The van der Waals surface area contributed by atoms with E-state index in [-0.39, 0.29) is 0 Å². The van der Waals surface area contributed by atoms with Crippen LogP contribution in [0.25, 0.3) is 11.3 Å². The van der Waals surface area contributed by atoms with Gasteiger partial charge in [0.2, 0.25) is 0 Å². The van der Waals surface area contributed by atoms with Crippen LogP contribution in [0, 0.1) is 6.92 Å². The minimum Gasteiger partial charge on any atom is -0.310 e. The van der Waals surface area contributed by atoms with Crippen LogP contribution in [0.5, 0.6) is 0 Å². The highest BCUT2D eigenvalue weighted by Crippen LogP contribution is 2.18. The van der Waals surface area contributed by atoms with Crippen molar-refractivity contribution in [2.24, 2.45) is 0 Å². The molecule has 0 saturated heterocycles. The fourth-order valence-corrected chi connectivity index (χ4v) is 2.00. The van der Waals surface area contributed by atoms with E-state index in [1.165, 1.54) is 5.56 Å². The van der Waals surface area contributed by atoms with Crippen LogP contribution >= 0.6 is 0 Å². The number of hydrogen-bond donors (Lipinski definition) is 1. The standard InChI is InChI=1S/C16H21N3/c1-4-13-6-8-14(9-7-13)15-10-12(3)18-16(19-15)11-17-5-2/h6-10,17H,4-5,11H2,1-3H3. The molecule has 0 spiro atoms. The van der Waals surface area contributed by atoms with Crippen molar-refractivity contribution >= 4 is 0 Å². The smallest absolute Gasteiger partial charge is 0.143 e. The number of aromatic nitrogens is 2. The van der Waals surface area contributed by atoms with E-state index >= 15 is 0 Å². The Hall–Kier alpha value is -1.74. The van der Waals surface area contributed by atoms with E-state index in [1.807, 2.05) is 13.0 Å². The third-order valence-corrected chi connectivity index (χ3v) is 3.09. The molecule has 0 aliphatic carbocycles. The molecule has 0 fully saturated rings. The maximum atomic E-state index is 4.62. The molecule has 19 heavy (non-hydrogen) atoms. The monoisotopic (exact) mass is 255 g/mol. The molecule has 0 bridgehead atoms. The molecule has 1 aromatic heterocycles. The van der Waals surface area contributed by atoms with Crippen LogP contribution < -0.4 is 5.32 Å². The summed E-state index contributed by atoms with van der Waals surface area (Å²) in [6.07, 6.45) is 1.06. The summed E-state index contributed by atoms with van der Waals surface area (Å²) in [6, 6.07) is 10.6. The second-order valence-corrected chi connectivity index (χ2v) is 4.64. The average molecular weight is 255 g/mol. The van der Waals surface area contributed by atoms with Crippen LogP contribution in [0.2, 0.25) is 0 Å². The largest absolute Gasteiger partial charge is 0.310 e. The molecule has 0 unspecified atom stereocenters. The minimum absolute atomic E-state index is 0.720. The Morgan fingerprint density at radius 2 is 1.79 bits per heavy atom. The van der Waals surface area contributed by atoms with E-state index in [0.29, 0.717) is 0 Å². The Balaban J connectivity index is 2.29. The van der Waals surface area contributed by atoms with Crippen molar-refractivity contribution in [3.63, 3.8) is 0 Å². The first-order valence-corrected chi connectivity index (χ1v) is 6.87. The molecular weight excluding hydrogens is 234 g/mol. The lowest BCUT2D eigenvalue weighted by atomic mass is 10.1. The Bertz CT molecular complexity index is 532. The molecule has 0 aliphatic rings. The zero-order valence-electron chi connectivity index (χ0n) is 11.9. The molecule has 0 radical (unpaired) electrons. The molecule has 0 aliphatic heterocycles. The lowest BCUT2D eigenvalue weighted by Gasteiger charge is -2.07. The highest BCUT2D eigenvalue weighted by molar-refractivity contribution is 5.59. The fraction of sp³-hybridized carbons (Fsp3) is 0.375. The highest BCUT2D eigenvalue weighted by atomic mass is 15.0. The molecule has 2 rings (SSSR count). The van der Waals surface area contributed by atoms with Gasteiger partial charge >= 0.3 is 0 Å². The van der Waals surface area contributed by atoms with Gasteiger partial charge in [-0.2, -0.15) is 0 Å². The number of benzene rings is 1. The molecule has 100 valence electrons. The SMILES string of the molecule is CCNCc1nc(C)cc(-c2ccc(CC)cc2)n1. The molecule has 3 heteroatoms. The molecule has 1 N–H and O–H groups in total. The Kier molecular flexibility index (Phi) is 4.63. The highest BCUT2D eigenvalue weighted by Gasteiger charge is 2.04. The van der Waals surface area contributed by atoms with Crippen molar-refractivity contribution in [2.45, 2.75) is 33.7 Å². The maximum absolute atomic E-state index is 4.62. The van der Waals surface area contributed by atoms with Crippen LogP contribution in [0.4, 0.5) is 0 Å². The Morgan fingerprint density at radius 1 is 1.05 bits per heavy atom. The van der Waals surface area contributed by atoms with Gasteiger partial charge in [-0.3, -0.25) is 0 Å². The van der Waals surface area contributed by atoms with Crippen LogP contribution in [-0.2, 0) is 13.0 Å². The second kappa shape index (κ2) is 6.43. The van der Waals surface area contributed by atoms with Crippen LogP contribution in [-0.4, -0.2) is 16.5 Å². The van der Waals surface area contributed by atoms with Crippen LogP contribution in [0.1, 0.15) is 30.9 Å². The van der Waals surface area contributed by atoms with Gasteiger partial charge in [-0.05, 0) is 31.5 Å². The molecule has 1 aromatic carbocycles. The Labute approximate surface area is 115 Å². The van der Waals surface area contributed by atoms with Crippen LogP contribution in [0.15, 0.2) is 30.3 Å². The van der Waals surface area contributed by atoms with Gasteiger partial charge < -0.3 is 5.32 Å². The van der Waals surface area contributed by atoms with E-state index in [1.54, 1.807) is 0 Å². The van der Waals surface area contributed by atoms with E-state index in [4.69, 9.17) is 0 Å². The summed E-state index contributed by atoms with van der Waals surface area (Å²) in [6.45, 7) is 7.91. The van der Waals surface area contributed by atoms with E-state index in [9.17, 15) is 0 Å². The summed E-state index contributed by atoms with van der Waals surface area (Å²) in [5.74, 6) is 0.858. The molecule has 0 amide bonds. The van der Waals surface area contributed by atoms with Gasteiger partial charge in [-0.15, -0.1) is 0 Å². The lowest BCUT2D eigenvalue weighted by molar-refractivity contribution is 0.688. The van der Waals surface area contributed by atoms with Gasteiger partial charge in [-0.1, -0.05) is 38.1 Å². The summed E-state index contributed by atoms with van der Waals surface area (Å²) in [5, 5.41) is 3.26. The molecule has 1 heterocycles. The number of nitrogens with one attached hydrogen (secondary N) is 1. The van der Waals surface area contributed by atoms with Crippen LogP contribution in [0.3, 0.4) is 0 Å². The summed E-state index contributed by atoms with van der Waals surface area (Å²) < 4.78 is 0. The third-order valence-electron chi connectivity index (χ3n) is 3.09. The van der Waals surface area contributed by atoms with Gasteiger partial charge in [0.15, 0.2) is 0 Å². The van der Waals surface area contributed by atoms with Gasteiger partial charge in [0, 0.05) is 11.3 Å². The van der Waals surface area contributed by atoms with Gasteiger partial charge in [0.25, 0.3) is 0 Å². The lowest BCUT2D eigenvalue weighted by Crippen LogP contribution is -2.15. The normalized spacial score (nSPS) is 10.7. The van der Waals surface area contributed by atoms with E-state index in [0.717, 1.165) is 42.3 Å². The van der Waals surface area contributed by atoms with Crippen molar-refractivity contribution in [3.05, 3.63) is 47.4 Å². The Morgan fingerprint density at radius 3 is 2.42 bits per heavy atom. The predicted octanol–water partition coefficient (Wildman–Crippen LogP) is 3.12. The molecule has 0 saturated carbocycles. The minimum atomic E-state index is 0.720. The number of hydrogen-bond acceptors (Lipinski definition) is 3. The first kappa shape index (κ1) is 13.7. The molecule has 0 atom stereocenters. The first-order chi connectivity index (χ1) is 9.22. The van der Waals surface area contributed by atoms with Crippen molar-refractivity contribution in [2.75, 3.05) is 6.54 Å². The molecule has 2 aromatic rings. The topological polar surface area (TPSA) is 37.8 Å². The summed E-state index contributed by atoms with van der Waals surface area (Å²) in [4.78, 5) is 9.08. The van der Waals surface area contributed by atoms with Crippen molar-refractivity contribution in [1.29, 1.82) is 0 Å². The average Bonchev–Trinajstić information content (AvgIpc) is 2.44. The number of rotatable bonds is 5. The zero-order chi connectivity index (χ0) is 13.7. The van der Waals surface area contributed by atoms with Gasteiger partial charge in [-0.25, -0.2) is 9.97 Å². The fourth-order valence-electron chi connectivity index (χ4n) is 2.00. The molecular formula is C16H21N3. The van der Waals surface area contributed by atoms with Crippen molar-refractivity contribution in [3.8, 4) is 11.3 Å². The zero-order valence-corrected chi connectivity index (χ0v) is 11.9. The summed E-state index contributed by atoms with van der Waals surface area (Å²) in [7, 11) is 0. The number of aryl methyl sites for hydroxylation is 2. The summed E-state index contributed by atoms with van der Waals surface area (Å²) >= 11 is 0. The maximum Gasteiger partial charge on any atom is 0.143 e. The van der Waals surface area contributed by atoms with Gasteiger partial charge in [0.1, 0.15) is 5.82 Å².